The molecule has 0 unspecified atom stereocenters. The summed E-state index contributed by atoms with van der Waals surface area (Å²) in [6.45, 7) is 3.06. The number of nitrogens with zero attached hydrogens (tertiary/aromatic N) is 1. The van der Waals surface area contributed by atoms with Crippen molar-refractivity contribution in [3.05, 3.63) is 23.8 Å². The fraction of sp³-hybridized carbons (Fsp3) is 0.556. The van der Waals surface area contributed by atoms with E-state index in [0.29, 0.717) is 57.6 Å². The molecule has 1 aromatic rings. The largest absolute Gasteiger partial charge is 0.489 e. The number of benzene rings is 1. The fourth-order valence-electron chi connectivity index (χ4n) is 2.46. The van der Waals surface area contributed by atoms with Crippen molar-refractivity contribution in [2.45, 2.75) is 0 Å². The minimum atomic E-state index is -1.06. The van der Waals surface area contributed by atoms with Crippen LogP contribution in [-0.4, -0.2) is 83.5 Å². The van der Waals surface area contributed by atoms with Gasteiger partial charge in [0.25, 0.3) is 0 Å². The Morgan fingerprint density at radius 3 is 2.30 bits per heavy atom. The van der Waals surface area contributed by atoms with Gasteiger partial charge in [-0.25, -0.2) is 4.79 Å². The lowest BCUT2D eigenvalue weighted by atomic mass is 10.1. The van der Waals surface area contributed by atoms with Crippen LogP contribution in [0.3, 0.4) is 0 Å². The van der Waals surface area contributed by atoms with E-state index in [9.17, 15) is 14.7 Å². The Balaban J connectivity index is 2.25. The number of esters is 1. The van der Waals surface area contributed by atoms with Crippen molar-refractivity contribution in [2.75, 3.05) is 71.3 Å². The van der Waals surface area contributed by atoms with Gasteiger partial charge >= 0.3 is 11.9 Å². The van der Waals surface area contributed by atoms with E-state index in [2.05, 4.69) is 0 Å². The zero-order valence-electron chi connectivity index (χ0n) is 15.3. The average Bonchev–Trinajstić information content (AvgIpc) is 2.67. The summed E-state index contributed by atoms with van der Waals surface area (Å²) in [7, 11) is 1.31. The van der Waals surface area contributed by atoms with E-state index in [4.69, 9.17) is 23.7 Å². The summed E-state index contributed by atoms with van der Waals surface area (Å²) < 4.78 is 26.8. The Labute approximate surface area is 157 Å². The highest BCUT2D eigenvalue weighted by Crippen LogP contribution is 2.30. The summed E-state index contributed by atoms with van der Waals surface area (Å²) in [5.41, 5.74) is 0.676. The molecule has 0 spiro atoms. The molecule has 0 amide bonds. The van der Waals surface area contributed by atoms with Gasteiger partial charge in [-0.3, -0.25) is 4.79 Å². The van der Waals surface area contributed by atoms with E-state index in [1.807, 2.05) is 0 Å². The van der Waals surface area contributed by atoms with Crippen molar-refractivity contribution in [1.29, 1.82) is 0 Å². The molecule has 0 saturated carbocycles. The normalized spacial score (nSPS) is 17.0. The molecule has 9 heteroatoms. The van der Waals surface area contributed by atoms with Gasteiger partial charge in [0, 0.05) is 6.54 Å². The Bertz CT molecular complexity index is 621. The van der Waals surface area contributed by atoms with Crippen molar-refractivity contribution in [2.24, 2.45) is 0 Å². The van der Waals surface area contributed by atoms with E-state index >= 15 is 0 Å². The predicted molar refractivity (Wildman–Crippen MR) is 95.6 cm³/mol. The second kappa shape index (κ2) is 11.4. The molecule has 27 heavy (non-hydrogen) atoms. The second-order valence-corrected chi connectivity index (χ2v) is 5.67. The maximum atomic E-state index is 11.8. The number of carbonyl (C=O) groups is 2. The predicted octanol–water partition coefficient (Wildman–Crippen LogP) is 0.806. The van der Waals surface area contributed by atoms with Crippen LogP contribution in [-0.2, 0) is 23.7 Å². The van der Waals surface area contributed by atoms with Crippen molar-refractivity contribution in [3.8, 4) is 5.75 Å². The number of hydrogen-bond donors (Lipinski definition) is 1. The molecule has 0 fully saturated rings. The molecule has 9 nitrogen and oxygen atoms in total. The summed E-state index contributed by atoms with van der Waals surface area (Å²) >= 11 is 0. The number of aromatic carboxylic acids is 1. The molecule has 0 radical (unpaired) electrons. The van der Waals surface area contributed by atoms with Gasteiger partial charge in [-0.05, 0) is 18.2 Å². The maximum Gasteiger partial charge on any atom is 0.335 e. The van der Waals surface area contributed by atoms with Crippen LogP contribution in [0.25, 0.3) is 0 Å². The monoisotopic (exact) mass is 383 g/mol. The molecule has 0 aliphatic carbocycles. The molecule has 150 valence electrons. The Hall–Kier alpha value is -2.36. The van der Waals surface area contributed by atoms with Crippen LogP contribution in [0.2, 0.25) is 0 Å². The van der Waals surface area contributed by atoms with Crippen molar-refractivity contribution in [3.63, 3.8) is 0 Å². The molecule has 1 aliphatic heterocycles. The van der Waals surface area contributed by atoms with Crippen LogP contribution in [0.4, 0.5) is 5.69 Å². The summed E-state index contributed by atoms with van der Waals surface area (Å²) in [6.07, 6.45) is 0. The number of carboxylic acids is 1. The SMILES string of the molecule is COC(=O)CN1CCOCCOCCOCCOc2cc(C(=O)O)ccc21. The first kappa shape index (κ1) is 20.9. The molecular weight excluding hydrogens is 358 g/mol. The third-order valence-electron chi connectivity index (χ3n) is 3.83. The molecule has 1 aliphatic rings. The zero-order chi connectivity index (χ0) is 19.5. The Kier molecular flexibility index (Phi) is 8.82. The van der Waals surface area contributed by atoms with Gasteiger partial charge in [-0.2, -0.15) is 0 Å². The lowest BCUT2D eigenvalue weighted by molar-refractivity contribution is -0.139. The summed E-state index contributed by atoms with van der Waals surface area (Å²) in [6, 6.07) is 4.52. The number of carbonyl (C=O) groups excluding carboxylic acids is 1. The molecule has 0 bridgehead atoms. The lowest BCUT2D eigenvalue weighted by Gasteiger charge is -2.26. The second-order valence-electron chi connectivity index (χ2n) is 5.67. The molecule has 1 heterocycles. The molecule has 1 N–H and O–H groups in total. The standard InChI is InChI=1S/C18H25NO8/c1-23-17(20)13-19-4-5-24-6-7-25-8-9-26-10-11-27-16-12-14(18(21)22)2-3-15(16)19/h2-3,12H,4-11,13H2,1H3,(H,21,22). The van der Waals surface area contributed by atoms with Crippen LogP contribution in [0.1, 0.15) is 10.4 Å². The van der Waals surface area contributed by atoms with Crippen LogP contribution >= 0.6 is 0 Å². The number of methoxy groups -OCH3 is 1. The van der Waals surface area contributed by atoms with Gasteiger partial charge in [0.1, 0.15) is 18.9 Å². The molecular formula is C18H25NO8. The smallest absolute Gasteiger partial charge is 0.335 e. The Morgan fingerprint density at radius 1 is 1.04 bits per heavy atom. The third-order valence-corrected chi connectivity index (χ3v) is 3.83. The quantitative estimate of drug-likeness (QED) is 0.759. The molecule has 0 saturated heterocycles. The molecule has 0 atom stereocenters. The summed E-state index contributed by atoms with van der Waals surface area (Å²) in [5.74, 6) is -1.13. The molecule has 0 aromatic heterocycles. The van der Waals surface area contributed by atoms with Gasteiger partial charge in [-0.1, -0.05) is 0 Å². The highest BCUT2D eigenvalue weighted by atomic mass is 16.6. The van der Waals surface area contributed by atoms with E-state index in [-0.39, 0.29) is 18.7 Å². The minimum Gasteiger partial charge on any atom is -0.489 e. The summed E-state index contributed by atoms with van der Waals surface area (Å²) in [4.78, 5) is 24.8. The zero-order valence-corrected chi connectivity index (χ0v) is 15.3. The van der Waals surface area contributed by atoms with E-state index < -0.39 is 11.9 Å². The minimum absolute atomic E-state index is 0.0182. The number of ether oxygens (including phenoxy) is 5. The number of carboxylic acid groups (broad SMARTS) is 1. The first-order chi connectivity index (χ1) is 13.1. The van der Waals surface area contributed by atoms with Crippen molar-refractivity contribution < 1.29 is 38.4 Å². The topological polar surface area (TPSA) is 104 Å². The molecule has 2 rings (SSSR count). The van der Waals surface area contributed by atoms with Gasteiger partial charge in [-0.15, -0.1) is 0 Å². The average molecular weight is 383 g/mol. The highest BCUT2D eigenvalue weighted by molar-refractivity contribution is 5.89. The lowest BCUT2D eigenvalue weighted by Crippen LogP contribution is -2.34. The first-order valence-electron chi connectivity index (χ1n) is 8.67. The van der Waals surface area contributed by atoms with Gasteiger partial charge in [0.05, 0.1) is 58.0 Å². The highest BCUT2D eigenvalue weighted by Gasteiger charge is 2.18. The van der Waals surface area contributed by atoms with Crippen molar-refractivity contribution >= 4 is 17.6 Å². The van der Waals surface area contributed by atoms with Gasteiger partial charge in [0.2, 0.25) is 0 Å². The number of rotatable bonds is 3. The number of hydrogen-bond acceptors (Lipinski definition) is 8. The molecule has 1 aromatic carbocycles. The van der Waals surface area contributed by atoms with Gasteiger partial charge in [0.15, 0.2) is 0 Å². The van der Waals surface area contributed by atoms with Gasteiger partial charge < -0.3 is 33.7 Å². The van der Waals surface area contributed by atoms with Crippen LogP contribution in [0.5, 0.6) is 5.75 Å². The fourth-order valence-corrected chi connectivity index (χ4v) is 2.46. The third kappa shape index (κ3) is 7.05. The van der Waals surface area contributed by atoms with Crippen LogP contribution in [0.15, 0.2) is 18.2 Å². The van der Waals surface area contributed by atoms with Crippen molar-refractivity contribution in [1.82, 2.24) is 0 Å². The number of fused-ring (bicyclic) bond motifs is 1. The Morgan fingerprint density at radius 2 is 1.67 bits per heavy atom. The van der Waals surface area contributed by atoms with E-state index in [1.165, 1.54) is 19.2 Å². The van der Waals surface area contributed by atoms with E-state index in [1.54, 1.807) is 11.0 Å². The van der Waals surface area contributed by atoms with E-state index in [0.717, 1.165) is 0 Å². The maximum absolute atomic E-state index is 11.8. The number of anilines is 1. The van der Waals surface area contributed by atoms with Crippen LogP contribution < -0.4 is 9.64 Å². The summed E-state index contributed by atoms with van der Waals surface area (Å²) in [5, 5.41) is 9.24. The van der Waals surface area contributed by atoms with Crippen LogP contribution in [0, 0.1) is 0 Å². The first-order valence-corrected chi connectivity index (χ1v) is 8.67.